The number of nitrogens with one attached hydrogen (secondary N) is 2. The summed E-state index contributed by atoms with van der Waals surface area (Å²) in [5, 5.41) is 11.9. The monoisotopic (exact) mass is 259 g/mol. The fraction of sp³-hybridized carbons (Fsp3) is 0.400. The molecule has 0 aliphatic rings. The molecule has 0 spiro atoms. The standard InChI is InChI=1S/C10H17N3O3S/c1-7(6-14)13-10-5-8(3-4-9(10)11)17(15,16)12-2/h3-5,7,12-14H,6,11H2,1-2H3. The first-order valence-corrected chi connectivity index (χ1v) is 6.59. The van der Waals surface area contributed by atoms with Gasteiger partial charge in [-0.2, -0.15) is 0 Å². The van der Waals surface area contributed by atoms with Crippen LogP contribution in [0.15, 0.2) is 23.1 Å². The second kappa shape index (κ2) is 5.35. The van der Waals surface area contributed by atoms with Crippen LogP contribution in [0.25, 0.3) is 0 Å². The molecule has 0 bridgehead atoms. The Morgan fingerprint density at radius 1 is 1.47 bits per heavy atom. The van der Waals surface area contributed by atoms with Gasteiger partial charge in [-0.3, -0.25) is 0 Å². The topological polar surface area (TPSA) is 104 Å². The molecule has 5 N–H and O–H groups in total. The first kappa shape index (κ1) is 13.8. The predicted molar refractivity (Wildman–Crippen MR) is 67.3 cm³/mol. The van der Waals surface area contributed by atoms with Crippen LogP contribution in [0.4, 0.5) is 11.4 Å². The molecule has 1 aromatic carbocycles. The van der Waals surface area contributed by atoms with Crippen molar-refractivity contribution in [2.45, 2.75) is 17.9 Å². The van der Waals surface area contributed by atoms with Gasteiger partial charge in [0.15, 0.2) is 0 Å². The van der Waals surface area contributed by atoms with Crippen LogP contribution in [0.2, 0.25) is 0 Å². The molecule has 0 fully saturated rings. The van der Waals surface area contributed by atoms with Gasteiger partial charge in [-0.1, -0.05) is 0 Å². The Labute approximate surface area is 101 Å². The van der Waals surface area contributed by atoms with Gasteiger partial charge < -0.3 is 16.2 Å². The van der Waals surface area contributed by atoms with E-state index in [1.165, 1.54) is 25.2 Å². The number of hydrogen-bond donors (Lipinski definition) is 4. The lowest BCUT2D eigenvalue weighted by Crippen LogP contribution is -2.22. The highest BCUT2D eigenvalue weighted by atomic mass is 32.2. The molecule has 0 aromatic heterocycles. The van der Waals surface area contributed by atoms with Gasteiger partial charge in [-0.15, -0.1) is 0 Å². The number of anilines is 2. The zero-order chi connectivity index (χ0) is 13.1. The number of sulfonamides is 1. The highest BCUT2D eigenvalue weighted by molar-refractivity contribution is 7.89. The number of benzene rings is 1. The first-order valence-electron chi connectivity index (χ1n) is 5.11. The molecule has 1 unspecified atom stereocenters. The zero-order valence-electron chi connectivity index (χ0n) is 9.77. The first-order chi connectivity index (χ1) is 7.90. The van der Waals surface area contributed by atoms with Gasteiger partial charge in [0.05, 0.1) is 22.9 Å². The molecule has 0 radical (unpaired) electrons. The van der Waals surface area contributed by atoms with Crippen molar-refractivity contribution in [1.82, 2.24) is 4.72 Å². The van der Waals surface area contributed by atoms with E-state index in [-0.39, 0.29) is 17.5 Å². The zero-order valence-corrected chi connectivity index (χ0v) is 10.6. The van der Waals surface area contributed by atoms with Crippen LogP contribution < -0.4 is 15.8 Å². The van der Waals surface area contributed by atoms with E-state index < -0.39 is 10.0 Å². The predicted octanol–water partition coefficient (Wildman–Crippen LogP) is -0.0304. The van der Waals surface area contributed by atoms with Gasteiger partial charge in [0, 0.05) is 6.04 Å². The minimum atomic E-state index is -3.49. The average molecular weight is 259 g/mol. The van der Waals surface area contributed by atoms with Gasteiger partial charge in [0.1, 0.15) is 0 Å². The van der Waals surface area contributed by atoms with Crippen molar-refractivity contribution < 1.29 is 13.5 Å². The summed E-state index contributed by atoms with van der Waals surface area (Å²) in [5.74, 6) is 0. The molecule has 0 amide bonds. The third-order valence-corrected chi connectivity index (χ3v) is 3.69. The molecule has 17 heavy (non-hydrogen) atoms. The second-order valence-corrected chi connectivity index (χ2v) is 5.57. The largest absolute Gasteiger partial charge is 0.397 e. The van der Waals surface area contributed by atoms with Crippen LogP contribution in [-0.4, -0.2) is 33.2 Å². The molecule has 7 heteroatoms. The quantitative estimate of drug-likeness (QED) is 0.556. The summed E-state index contributed by atoms with van der Waals surface area (Å²) >= 11 is 0. The van der Waals surface area contributed by atoms with E-state index in [1.807, 2.05) is 0 Å². The minimum Gasteiger partial charge on any atom is -0.397 e. The van der Waals surface area contributed by atoms with Crippen LogP contribution in [0.5, 0.6) is 0 Å². The third kappa shape index (κ3) is 3.32. The third-order valence-electron chi connectivity index (χ3n) is 2.28. The Bertz CT molecular complexity index is 488. The van der Waals surface area contributed by atoms with Crippen molar-refractivity contribution in [2.75, 3.05) is 24.7 Å². The molecule has 0 aliphatic heterocycles. The maximum Gasteiger partial charge on any atom is 0.240 e. The summed E-state index contributed by atoms with van der Waals surface area (Å²) in [6, 6.07) is 4.17. The Kier molecular flexibility index (Phi) is 4.33. The van der Waals surface area contributed by atoms with Crippen LogP contribution in [-0.2, 0) is 10.0 Å². The van der Waals surface area contributed by atoms with Crippen molar-refractivity contribution in [3.05, 3.63) is 18.2 Å². The molecular formula is C10H17N3O3S. The lowest BCUT2D eigenvalue weighted by atomic mass is 10.2. The van der Waals surface area contributed by atoms with E-state index in [9.17, 15) is 8.42 Å². The lowest BCUT2D eigenvalue weighted by Gasteiger charge is -2.15. The molecule has 1 rings (SSSR count). The van der Waals surface area contributed by atoms with E-state index in [1.54, 1.807) is 6.92 Å². The Morgan fingerprint density at radius 2 is 2.12 bits per heavy atom. The molecule has 6 nitrogen and oxygen atoms in total. The minimum absolute atomic E-state index is 0.0670. The van der Waals surface area contributed by atoms with Crippen molar-refractivity contribution in [1.29, 1.82) is 0 Å². The van der Waals surface area contributed by atoms with Gasteiger partial charge in [0.2, 0.25) is 10.0 Å². The number of hydrogen-bond acceptors (Lipinski definition) is 5. The molecule has 0 saturated heterocycles. The molecule has 1 aromatic rings. The van der Waals surface area contributed by atoms with Crippen LogP contribution in [0, 0.1) is 0 Å². The van der Waals surface area contributed by atoms with Gasteiger partial charge in [0.25, 0.3) is 0 Å². The highest BCUT2D eigenvalue weighted by Crippen LogP contribution is 2.23. The molecule has 0 aliphatic carbocycles. The van der Waals surface area contributed by atoms with Crippen molar-refractivity contribution >= 4 is 21.4 Å². The number of aliphatic hydroxyl groups is 1. The summed E-state index contributed by atoms with van der Waals surface area (Å²) in [7, 11) is -2.15. The second-order valence-electron chi connectivity index (χ2n) is 3.68. The average Bonchev–Trinajstić information content (AvgIpc) is 2.31. The van der Waals surface area contributed by atoms with E-state index >= 15 is 0 Å². The summed E-state index contributed by atoms with van der Waals surface area (Å²) < 4.78 is 25.4. The van der Waals surface area contributed by atoms with E-state index in [0.717, 1.165) is 0 Å². The van der Waals surface area contributed by atoms with Gasteiger partial charge in [-0.05, 0) is 32.2 Å². The van der Waals surface area contributed by atoms with Gasteiger partial charge in [-0.25, -0.2) is 13.1 Å². The number of nitrogen functional groups attached to an aromatic ring is 1. The number of aliphatic hydroxyl groups excluding tert-OH is 1. The summed E-state index contributed by atoms with van der Waals surface area (Å²) in [4.78, 5) is 0.127. The maximum absolute atomic E-state index is 11.6. The van der Waals surface area contributed by atoms with Crippen LogP contribution in [0.1, 0.15) is 6.92 Å². The fourth-order valence-corrected chi connectivity index (χ4v) is 2.01. The molecule has 96 valence electrons. The Morgan fingerprint density at radius 3 is 2.65 bits per heavy atom. The summed E-state index contributed by atoms with van der Waals surface area (Å²) in [5.41, 5.74) is 6.64. The Balaban J connectivity index is 3.11. The number of rotatable bonds is 5. The molecule has 0 saturated carbocycles. The van der Waals surface area contributed by atoms with Crippen molar-refractivity contribution in [3.63, 3.8) is 0 Å². The van der Waals surface area contributed by atoms with Crippen LogP contribution in [0.3, 0.4) is 0 Å². The summed E-state index contributed by atoms with van der Waals surface area (Å²) in [6.45, 7) is 1.70. The molecule has 0 heterocycles. The van der Waals surface area contributed by atoms with E-state index in [0.29, 0.717) is 11.4 Å². The van der Waals surface area contributed by atoms with E-state index in [2.05, 4.69) is 10.0 Å². The number of nitrogens with two attached hydrogens (primary N) is 1. The SMILES string of the molecule is CNS(=O)(=O)c1ccc(N)c(NC(C)CO)c1. The fourth-order valence-electron chi connectivity index (χ4n) is 1.26. The normalized spacial score (nSPS) is 13.4. The van der Waals surface area contributed by atoms with Gasteiger partial charge >= 0.3 is 0 Å². The molecule has 1 atom stereocenters. The smallest absolute Gasteiger partial charge is 0.240 e. The summed E-state index contributed by atoms with van der Waals surface area (Å²) in [6.07, 6.45) is 0. The van der Waals surface area contributed by atoms with Crippen LogP contribution >= 0.6 is 0 Å². The lowest BCUT2D eigenvalue weighted by molar-refractivity contribution is 0.281. The Hall–Kier alpha value is -1.31. The molecular weight excluding hydrogens is 242 g/mol. The highest BCUT2D eigenvalue weighted by Gasteiger charge is 2.13. The maximum atomic E-state index is 11.6. The van der Waals surface area contributed by atoms with E-state index in [4.69, 9.17) is 10.8 Å². The van der Waals surface area contributed by atoms with Crippen molar-refractivity contribution in [3.8, 4) is 0 Å². The van der Waals surface area contributed by atoms with Crippen molar-refractivity contribution in [2.24, 2.45) is 0 Å².